The number of anilines is 2. The minimum absolute atomic E-state index is 0.0464. The lowest BCUT2D eigenvalue weighted by Gasteiger charge is -2.32. The van der Waals surface area contributed by atoms with Crippen molar-refractivity contribution in [1.29, 1.82) is 0 Å². The van der Waals surface area contributed by atoms with E-state index < -0.39 is 15.9 Å². The molecule has 5 rings (SSSR count). The number of aromatic hydroxyl groups is 1. The van der Waals surface area contributed by atoms with Crippen molar-refractivity contribution in [1.82, 2.24) is 15.1 Å². The van der Waals surface area contributed by atoms with Gasteiger partial charge in [-0.3, -0.25) is 9.59 Å². The molecule has 0 unspecified atom stereocenters. The van der Waals surface area contributed by atoms with Crippen LogP contribution < -0.4 is 9.62 Å². The molecule has 0 spiro atoms. The number of phenolic OH excluding ortho intramolecular Hbond substituents is 1. The quantitative estimate of drug-likeness (QED) is 0.363. The lowest BCUT2D eigenvalue weighted by molar-refractivity contribution is -0.131. The summed E-state index contributed by atoms with van der Waals surface area (Å²) in [4.78, 5) is 29.9. The minimum Gasteiger partial charge on any atom is -0.506 e. The number of hydrogen-bond acceptors (Lipinski definition) is 6. The van der Waals surface area contributed by atoms with Gasteiger partial charge in [-0.1, -0.05) is 30.3 Å². The number of piperidine rings is 1. The second-order valence-corrected chi connectivity index (χ2v) is 12.7. The molecule has 0 saturated carbocycles. The van der Waals surface area contributed by atoms with Gasteiger partial charge < -0.3 is 20.2 Å². The Balaban J connectivity index is 1.18. The lowest BCUT2D eigenvalue weighted by atomic mass is 9.93. The number of nitrogens with one attached hydrogen (secondary N) is 1. The van der Waals surface area contributed by atoms with Gasteiger partial charge in [-0.25, -0.2) is 12.7 Å². The molecule has 42 heavy (non-hydrogen) atoms. The molecule has 2 heterocycles. The van der Waals surface area contributed by atoms with Gasteiger partial charge in [0.1, 0.15) is 5.75 Å². The number of likely N-dealkylation sites (tertiary alicyclic amines) is 2. The molecular weight excluding hydrogens is 552 g/mol. The Kier molecular flexibility index (Phi) is 9.44. The van der Waals surface area contributed by atoms with Gasteiger partial charge in [-0.2, -0.15) is 0 Å². The molecular formula is C32H38N4O5S. The van der Waals surface area contributed by atoms with Crippen molar-refractivity contribution < 1.29 is 23.1 Å². The summed E-state index contributed by atoms with van der Waals surface area (Å²) < 4.78 is 28.6. The van der Waals surface area contributed by atoms with Crippen LogP contribution in [0, 0.1) is 5.92 Å². The Morgan fingerprint density at radius 2 is 1.50 bits per heavy atom. The molecule has 0 atom stereocenters. The van der Waals surface area contributed by atoms with Crippen molar-refractivity contribution in [3.05, 3.63) is 84.4 Å². The number of para-hydroxylation sites is 3. The van der Waals surface area contributed by atoms with Crippen LogP contribution in [0.5, 0.6) is 5.75 Å². The third-order valence-corrected chi connectivity index (χ3v) is 9.92. The van der Waals surface area contributed by atoms with Gasteiger partial charge in [0.25, 0.3) is 15.9 Å². The smallest absolute Gasteiger partial charge is 0.268 e. The summed E-state index contributed by atoms with van der Waals surface area (Å²) in [6, 6.07) is 20.2. The molecule has 0 aromatic heterocycles. The van der Waals surface area contributed by atoms with Crippen LogP contribution in [0.3, 0.4) is 0 Å². The molecule has 9 nitrogen and oxygen atoms in total. The van der Waals surface area contributed by atoms with Crippen molar-refractivity contribution in [2.24, 2.45) is 5.92 Å². The van der Waals surface area contributed by atoms with Crippen molar-refractivity contribution in [3.63, 3.8) is 0 Å². The van der Waals surface area contributed by atoms with Crippen molar-refractivity contribution in [3.8, 4) is 5.75 Å². The largest absolute Gasteiger partial charge is 0.506 e. The Morgan fingerprint density at radius 1 is 0.857 bits per heavy atom. The molecule has 2 saturated heterocycles. The predicted octanol–water partition coefficient (Wildman–Crippen LogP) is 4.37. The minimum atomic E-state index is -4.15. The van der Waals surface area contributed by atoms with E-state index in [1.54, 1.807) is 42.5 Å². The van der Waals surface area contributed by atoms with Crippen LogP contribution in [0.15, 0.2) is 83.8 Å². The normalized spacial score (nSPS) is 16.3. The average Bonchev–Trinajstić information content (AvgIpc) is 3.54. The highest BCUT2D eigenvalue weighted by molar-refractivity contribution is 7.93. The van der Waals surface area contributed by atoms with Crippen molar-refractivity contribution in [2.45, 2.75) is 37.0 Å². The highest BCUT2D eigenvalue weighted by Gasteiger charge is 2.29. The molecule has 3 aromatic rings. The summed E-state index contributed by atoms with van der Waals surface area (Å²) in [5, 5.41) is 13.1. The number of hydrogen-bond donors (Lipinski definition) is 2. The number of phenols is 1. The van der Waals surface area contributed by atoms with Crippen LogP contribution in [-0.2, 0) is 14.8 Å². The summed E-state index contributed by atoms with van der Waals surface area (Å²) >= 11 is 0. The zero-order valence-corrected chi connectivity index (χ0v) is 24.5. The van der Waals surface area contributed by atoms with Gasteiger partial charge >= 0.3 is 0 Å². The zero-order valence-electron chi connectivity index (χ0n) is 23.7. The van der Waals surface area contributed by atoms with E-state index in [0.29, 0.717) is 24.7 Å². The summed E-state index contributed by atoms with van der Waals surface area (Å²) in [6.45, 7) is 4.88. The number of carbonyl (C=O) groups is 2. The highest BCUT2D eigenvalue weighted by Crippen LogP contribution is 2.37. The number of amides is 2. The third-order valence-electron chi connectivity index (χ3n) is 8.17. The van der Waals surface area contributed by atoms with Gasteiger partial charge in [-0.05, 0) is 106 Å². The van der Waals surface area contributed by atoms with E-state index in [-0.39, 0.29) is 34.3 Å². The first kappa shape index (κ1) is 29.6. The van der Waals surface area contributed by atoms with Crippen LogP contribution in [0.2, 0.25) is 0 Å². The molecule has 222 valence electrons. The fourth-order valence-corrected chi connectivity index (χ4v) is 7.21. The summed E-state index contributed by atoms with van der Waals surface area (Å²) in [5.74, 6) is -0.102. The average molecular weight is 591 g/mol. The molecule has 0 bridgehead atoms. The maximum absolute atomic E-state index is 13.7. The molecule has 2 amide bonds. The summed E-state index contributed by atoms with van der Waals surface area (Å²) in [6.07, 6.45) is 5.76. The molecule has 3 aromatic carbocycles. The van der Waals surface area contributed by atoms with Crippen LogP contribution in [-0.4, -0.2) is 74.4 Å². The van der Waals surface area contributed by atoms with E-state index in [9.17, 15) is 23.1 Å². The molecule has 2 aliphatic rings. The standard InChI is InChI=1S/C32H38N4O5S/c37-30-11-5-4-10-29(30)36(27-8-2-1-3-9-27)42(40,41)28-14-12-26(13-15-28)32(39)33-24-31(38)35-22-17-25(18-23-35)16-21-34-19-6-7-20-34/h1-5,8-15,25,37H,6-7,16-24H2,(H,33,39). The second kappa shape index (κ2) is 13.4. The van der Waals surface area contributed by atoms with E-state index in [2.05, 4.69) is 10.2 Å². The van der Waals surface area contributed by atoms with E-state index in [1.165, 1.54) is 68.8 Å². The van der Waals surface area contributed by atoms with E-state index in [0.717, 1.165) is 23.7 Å². The molecule has 10 heteroatoms. The monoisotopic (exact) mass is 590 g/mol. The van der Waals surface area contributed by atoms with Crippen molar-refractivity contribution in [2.75, 3.05) is 43.6 Å². The van der Waals surface area contributed by atoms with Crippen molar-refractivity contribution >= 4 is 33.2 Å². The topological polar surface area (TPSA) is 110 Å². The van der Waals surface area contributed by atoms with E-state index in [1.807, 2.05) is 4.90 Å². The van der Waals surface area contributed by atoms with Gasteiger partial charge in [0.05, 0.1) is 22.8 Å². The Bertz CT molecular complexity index is 1470. The fourth-order valence-electron chi connectivity index (χ4n) is 5.70. The zero-order chi connectivity index (χ0) is 29.5. The van der Waals surface area contributed by atoms with Crippen LogP contribution in [0.1, 0.15) is 42.5 Å². The summed E-state index contributed by atoms with van der Waals surface area (Å²) in [7, 11) is -4.15. The Morgan fingerprint density at radius 3 is 2.17 bits per heavy atom. The molecule has 2 fully saturated rings. The maximum atomic E-state index is 13.7. The Hall–Kier alpha value is -3.89. The summed E-state index contributed by atoms with van der Waals surface area (Å²) in [5.41, 5.74) is 0.714. The first-order valence-corrected chi connectivity index (χ1v) is 16.0. The SMILES string of the molecule is O=C(NCC(=O)N1CCC(CCN2CCCC2)CC1)c1ccc(S(=O)(=O)N(c2ccccc2)c2ccccc2O)cc1. The molecule has 2 N–H and O–H groups in total. The number of benzene rings is 3. The fraction of sp³-hybridized carbons (Fsp3) is 0.375. The molecule has 0 aliphatic carbocycles. The van der Waals surface area contributed by atoms with Gasteiger partial charge in [0.15, 0.2) is 0 Å². The van der Waals surface area contributed by atoms with Crippen LogP contribution >= 0.6 is 0 Å². The number of sulfonamides is 1. The maximum Gasteiger partial charge on any atom is 0.268 e. The highest BCUT2D eigenvalue weighted by atomic mass is 32.2. The third kappa shape index (κ3) is 6.94. The van der Waals surface area contributed by atoms with Crippen LogP contribution in [0.25, 0.3) is 0 Å². The second-order valence-electron chi connectivity index (χ2n) is 11.0. The number of nitrogens with zero attached hydrogens (tertiary/aromatic N) is 3. The van der Waals surface area contributed by atoms with Crippen LogP contribution in [0.4, 0.5) is 11.4 Å². The molecule has 0 radical (unpaired) electrons. The Labute approximate surface area is 247 Å². The van der Waals surface area contributed by atoms with Gasteiger partial charge in [0, 0.05) is 18.7 Å². The number of carbonyl (C=O) groups excluding carboxylic acids is 2. The lowest BCUT2D eigenvalue weighted by Crippen LogP contribution is -2.44. The first-order valence-electron chi connectivity index (χ1n) is 14.6. The van der Waals surface area contributed by atoms with E-state index >= 15 is 0 Å². The molecule has 2 aliphatic heterocycles. The predicted molar refractivity (Wildman–Crippen MR) is 162 cm³/mol. The number of rotatable bonds is 10. The van der Waals surface area contributed by atoms with Gasteiger partial charge in [-0.15, -0.1) is 0 Å². The van der Waals surface area contributed by atoms with Gasteiger partial charge in [0.2, 0.25) is 5.91 Å². The first-order chi connectivity index (χ1) is 20.3. The van der Waals surface area contributed by atoms with E-state index in [4.69, 9.17) is 0 Å².